The molecule has 35 heavy (non-hydrogen) atoms. The van der Waals surface area contributed by atoms with Crippen molar-refractivity contribution in [3.05, 3.63) is 95.6 Å². The Balaban J connectivity index is 1.34. The smallest absolute Gasteiger partial charge is 0.315 e. The minimum Gasteiger partial charge on any atom is -0.334 e. The van der Waals surface area contributed by atoms with E-state index in [2.05, 4.69) is 16.0 Å². The van der Waals surface area contributed by atoms with Crippen molar-refractivity contribution in [3.8, 4) is 0 Å². The van der Waals surface area contributed by atoms with Gasteiger partial charge in [-0.25, -0.2) is 4.79 Å². The summed E-state index contributed by atoms with van der Waals surface area (Å²) < 4.78 is 0. The van der Waals surface area contributed by atoms with Gasteiger partial charge in [0.1, 0.15) is 6.04 Å². The first-order chi connectivity index (χ1) is 16.9. The molecule has 1 heterocycles. The maximum absolute atomic E-state index is 13.0. The number of carbonyl (C=O) groups is 3. The highest BCUT2D eigenvalue weighted by Crippen LogP contribution is 2.29. The number of amides is 4. The van der Waals surface area contributed by atoms with Gasteiger partial charge in [0.15, 0.2) is 0 Å². The van der Waals surface area contributed by atoms with Crippen molar-refractivity contribution in [3.63, 3.8) is 0 Å². The molecule has 1 atom stereocenters. The number of rotatable bonds is 7. The summed E-state index contributed by atoms with van der Waals surface area (Å²) in [6.07, 6.45) is 0.846. The lowest BCUT2D eigenvalue weighted by Gasteiger charge is -2.22. The predicted molar refractivity (Wildman–Crippen MR) is 137 cm³/mol. The van der Waals surface area contributed by atoms with E-state index in [1.807, 2.05) is 68.4 Å². The van der Waals surface area contributed by atoms with E-state index < -0.39 is 12.1 Å². The number of urea groups is 1. The van der Waals surface area contributed by atoms with Crippen LogP contribution < -0.4 is 20.9 Å². The molecule has 7 heteroatoms. The fourth-order valence-corrected chi connectivity index (χ4v) is 4.13. The average Bonchev–Trinajstić information content (AvgIpc) is 3.30. The number of nitrogens with zero attached hydrogens (tertiary/aromatic N) is 1. The molecule has 0 bridgehead atoms. The number of benzene rings is 3. The first-order valence-electron chi connectivity index (χ1n) is 11.8. The van der Waals surface area contributed by atoms with Crippen LogP contribution in [0.15, 0.2) is 78.9 Å². The zero-order chi connectivity index (χ0) is 24.8. The second-order valence-corrected chi connectivity index (χ2v) is 8.94. The van der Waals surface area contributed by atoms with E-state index in [0.717, 1.165) is 17.7 Å². The first kappa shape index (κ1) is 24.0. The lowest BCUT2D eigenvalue weighted by Crippen LogP contribution is -2.50. The third-order valence-corrected chi connectivity index (χ3v) is 6.06. The van der Waals surface area contributed by atoms with Gasteiger partial charge in [-0.15, -0.1) is 0 Å². The molecule has 4 rings (SSSR count). The van der Waals surface area contributed by atoms with Crippen LogP contribution in [0.3, 0.4) is 0 Å². The van der Waals surface area contributed by atoms with Crippen LogP contribution in [-0.4, -0.2) is 30.4 Å². The van der Waals surface area contributed by atoms with Crippen LogP contribution in [0.2, 0.25) is 0 Å². The minimum absolute atomic E-state index is 0.0652. The molecular formula is C28H30N4O3. The molecule has 0 saturated carbocycles. The molecule has 3 aromatic carbocycles. The van der Waals surface area contributed by atoms with Crippen LogP contribution in [0, 0.1) is 5.92 Å². The number of hydrogen-bond acceptors (Lipinski definition) is 3. The highest BCUT2D eigenvalue weighted by atomic mass is 16.2. The van der Waals surface area contributed by atoms with Gasteiger partial charge >= 0.3 is 6.03 Å². The second-order valence-electron chi connectivity index (χ2n) is 8.94. The predicted octanol–water partition coefficient (Wildman–Crippen LogP) is 4.35. The van der Waals surface area contributed by atoms with Crippen molar-refractivity contribution in [2.24, 2.45) is 5.92 Å². The molecule has 180 valence electrons. The van der Waals surface area contributed by atoms with Gasteiger partial charge < -0.3 is 20.9 Å². The van der Waals surface area contributed by atoms with Crippen LogP contribution in [0.25, 0.3) is 0 Å². The van der Waals surface area contributed by atoms with Gasteiger partial charge in [-0.3, -0.25) is 9.59 Å². The zero-order valence-electron chi connectivity index (χ0n) is 20.0. The molecule has 7 nitrogen and oxygen atoms in total. The van der Waals surface area contributed by atoms with E-state index in [0.29, 0.717) is 24.3 Å². The highest BCUT2D eigenvalue weighted by molar-refractivity contribution is 6.07. The van der Waals surface area contributed by atoms with E-state index in [9.17, 15) is 14.4 Å². The van der Waals surface area contributed by atoms with E-state index in [1.165, 1.54) is 5.56 Å². The molecule has 0 aromatic heterocycles. The number of nitrogens with one attached hydrogen (secondary N) is 3. The maximum atomic E-state index is 13.0. The molecule has 1 aliphatic heterocycles. The Morgan fingerprint density at radius 1 is 0.886 bits per heavy atom. The largest absolute Gasteiger partial charge is 0.334 e. The Bertz CT molecular complexity index is 1190. The van der Waals surface area contributed by atoms with Gasteiger partial charge in [0.25, 0.3) is 5.91 Å². The Kier molecular flexibility index (Phi) is 7.45. The van der Waals surface area contributed by atoms with Crippen LogP contribution in [0.1, 0.15) is 35.3 Å². The van der Waals surface area contributed by atoms with Crippen LogP contribution in [-0.2, 0) is 17.8 Å². The molecule has 0 saturated heterocycles. The fourth-order valence-electron chi connectivity index (χ4n) is 4.13. The monoisotopic (exact) mass is 470 g/mol. The van der Waals surface area contributed by atoms with Gasteiger partial charge in [0, 0.05) is 30.0 Å². The lowest BCUT2D eigenvalue weighted by molar-refractivity contribution is -0.118. The summed E-state index contributed by atoms with van der Waals surface area (Å²) in [5, 5.41) is 8.39. The third-order valence-electron chi connectivity index (χ3n) is 6.06. The quantitative estimate of drug-likeness (QED) is 0.479. The molecule has 4 amide bonds. The number of carbonyl (C=O) groups excluding carboxylic acids is 3. The van der Waals surface area contributed by atoms with Gasteiger partial charge in [-0.05, 0) is 53.8 Å². The topological polar surface area (TPSA) is 90.5 Å². The Labute approximate surface area is 205 Å². The minimum atomic E-state index is -0.715. The molecule has 0 spiro atoms. The molecule has 0 aliphatic carbocycles. The highest BCUT2D eigenvalue weighted by Gasteiger charge is 2.26. The molecular weight excluding hydrogens is 440 g/mol. The average molecular weight is 471 g/mol. The lowest BCUT2D eigenvalue weighted by atomic mass is 10.0. The summed E-state index contributed by atoms with van der Waals surface area (Å²) in [5.41, 5.74) is 4.21. The van der Waals surface area contributed by atoms with E-state index in [1.54, 1.807) is 29.2 Å². The van der Waals surface area contributed by atoms with Gasteiger partial charge in [0.2, 0.25) is 5.91 Å². The molecule has 1 aliphatic rings. The Morgan fingerprint density at radius 2 is 1.57 bits per heavy atom. The third kappa shape index (κ3) is 5.87. The summed E-state index contributed by atoms with van der Waals surface area (Å²) in [4.78, 5) is 40.1. The van der Waals surface area contributed by atoms with Crippen molar-refractivity contribution in [1.82, 2.24) is 10.6 Å². The molecule has 3 N–H and O–H groups in total. The van der Waals surface area contributed by atoms with Gasteiger partial charge in [-0.2, -0.15) is 0 Å². The van der Waals surface area contributed by atoms with Crippen molar-refractivity contribution >= 4 is 29.2 Å². The number of hydrogen-bond donors (Lipinski definition) is 3. The molecule has 0 radical (unpaired) electrons. The number of anilines is 2. The normalized spacial score (nSPS) is 13.2. The van der Waals surface area contributed by atoms with E-state index in [-0.39, 0.29) is 17.7 Å². The number of fused-ring (bicyclic) bond motifs is 1. The summed E-state index contributed by atoms with van der Waals surface area (Å²) in [6, 6.07) is 23.2. The van der Waals surface area contributed by atoms with Crippen molar-refractivity contribution in [1.29, 1.82) is 0 Å². The van der Waals surface area contributed by atoms with Crippen LogP contribution >= 0.6 is 0 Å². The summed E-state index contributed by atoms with van der Waals surface area (Å²) >= 11 is 0. The maximum Gasteiger partial charge on any atom is 0.315 e. The Morgan fingerprint density at radius 3 is 2.29 bits per heavy atom. The summed E-state index contributed by atoms with van der Waals surface area (Å²) in [6.45, 7) is 4.77. The SMILES string of the molecule is CC(C)C(NC(=O)NCc1ccccc1)C(=O)Nc1ccc(C(=O)N2CCc3ccccc32)cc1. The van der Waals surface area contributed by atoms with Crippen molar-refractivity contribution in [2.45, 2.75) is 32.9 Å². The number of para-hydroxylation sites is 1. The fraction of sp³-hybridized carbons (Fsp3) is 0.250. The van der Waals surface area contributed by atoms with Crippen molar-refractivity contribution < 1.29 is 14.4 Å². The second kappa shape index (κ2) is 10.9. The first-order valence-corrected chi connectivity index (χ1v) is 11.8. The standard InChI is InChI=1S/C28H30N4O3/c1-19(2)25(31-28(35)29-18-20-8-4-3-5-9-20)26(33)30-23-14-12-22(13-15-23)27(34)32-17-16-21-10-6-7-11-24(21)32/h3-15,19,25H,16-18H2,1-2H3,(H,30,33)(H2,29,31,35). The summed E-state index contributed by atoms with van der Waals surface area (Å²) in [7, 11) is 0. The molecule has 0 fully saturated rings. The zero-order valence-corrected chi connectivity index (χ0v) is 20.0. The molecule has 1 unspecified atom stereocenters. The van der Waals surface area contributed by atoms with Crippen LogP contribution in [0.4, 0.5) is 16.2 Å². The molecule has 3 aromatic rings. The van der Waals surface area contributed by atoms with Crippen LogP contribution in [0.5, 0.6) is 0 Å². The Hall–Kier alpha value is -4.13. The van der Waals surface area contributed by atoms with Gasteiger partial charge in [-0.1, -0.05) is 62.4 Å². The van der Waals surface area contributed by atoms with Crippen molar-refractivity contribution in [2.75, 3.05) is 16.8 Å². The summed E-state index contributed by atoms with van der Waals surface area (Å²) in [5.74, 6) is -0.499. The van der Waals surface area contributed by atoms with E-state index in [4.69, 9.17) is 0 Å². The van der Waals surface area contributed by atoms with Gasteiger partial charge in [0.05, 0.1) is 0 Å². The van der Waals surface area contributed by atoms with E-state index >= 15 is 0 Å².